The van der Waals surface area contributed by atoms with Gasteiger partial charge in [0.25, 0.3) is 0 Å². The van der Waals surface area contributed by atoms with E-state index < -0.39 is 0 Å². The smallest absolute Gasteiger partial charge is 0.107 e. The first-order valence-electron chi connectivity index (χ1n) is 3.35. The van der Waals surface area contributed by atoms with Gasteiger partial charge in [0, 0.05) is 13.0 Å². The van der Waals surface area contributed by atoms with Gasteiger partial charge in [0.1, 0.15) is 6.67 Å². The van der Waals surface area contributed by atoms with E-state index in [1.807, 2.05) is 0 Å². The van der Waals surface area contributed by atoms with Crippen molar-refractivity contribution in [3.8, 4) is 0 Å². The van der Waals surface area contributed by atoms with Crippen molar-refractivity contribution in [3.63, 3.8) is 0 Å². The van der Waals surface area contributed by atoms with E-state index in [0.29, 0.717) is 6.10 Å². The minimum absolute atomic E-state index is 0.0185. The summed E-state index contributed by atoms with van der Waals surface area (Å²) in [5, 5.41) is 3.07. The van der Waals surface area contributed by atoms with E-state index in [1.54, 1.807) is 0 Å². The fraction of sp³-hybridized carbons (Fsp3) is 1.00. The molecule has 0 aromatic heterocycles. The average molecular weight is 131 g/mol. The molecule has 3 fully saturated rings. The fourth-order valence-electron chi connectivity index (χ4n) is 1.45. The summed E-state index contributed by atoms with van der Waals surface area (Å²) in [6.45, 7) is 0.544. The number of rotatable bonds is 1. The molecule has 3 aliphatic heterocycles. The minimum atomic E-state index is -0.294. The van der Waals surface area contributed by atoms with Gasteiger partial charge < -0.3 is 10.1 Å². The summed E-state index contributed by atoms with van der Waals surface area (Å²) in [7, 11) is 0. The number of fused-ring (bicyclic) bond motifs is 2. The summed E-state index contributed by atoms with van der Waals surface area (Å²) in [5.41, 5.74) is 0. The van der Waals surface area contributed by atoms with Crippen LogP contribution in [-0.2, 0) is 4.74 Å². The van der Waals surface area contributed by atoms with E-state index in [9.17, 15) is 4.39 Å². The van der Waals surface area contributed by atoms with E-state index in [4.69, 9.17) is 4.74 Å². The Morgan fingerprint density at radius 3 is 2.78 bits per heavy atom. The van der Waals surface area contributed by atoms with Gasteiger partial charge >= 0.3 is 0 Å². The number of nitrogens with one attached hydrogen (secondary N) is 1. The molecule has 3 atom stereocenters. The Morgan fingerprint density at radius 1 is 1.67 bits per heavy atom. The van der Waals surface area contributed by atoms with Gasteiger partial charge in [-0.05, 0) is 0 Å². The van der Waals surface area contributed by atoms with Crippen LogP contribution in [0.15, 0.2) is 0 Å². The second kappa shape index (κ2) is 1.92. The molecule has 1 N–H and O–H groups in total. The lowest BCUT2D eigenvalue weighted by Crippen LogP contribution is -2.62. The van der Waals surface area contributed by atoms with Crippen LogP contribution in [0.2, 0.25) is 0 Å². The Morgan fingerprint density at radius 2 is 2.44 bits per heavy atom. The van der Waals surface area contributed by atoms with Crippen molar-refractivity contribution >= 4 is 0 Å². The van der Waals surface area contributed by atoms with E-state index in [1.165, 1.54) is 0 Å². The van der Waals surface area contributed by atoms with Crippen molar-refractivity contribution in [2.24, 2.45) is 0 Å². The van der Waals surface area contributed by atoms with Gasteiger partial charge in [0.15, 0.2) is 0 Å². The zero-order valence-corrected chi connectivity index (χ0v) is 5.14. The van der Waals surface area contributed by atoms with Crippen LogP contribution in [0.5, 0.6) is 0 Å². The third-order valence-corrected chi connectivity index (χ3v) is 2.09. The maximum Gasteiger partial charge on any atom is 0.107 e. The van der Waals surface area contributed by atoms with E-state index >= 15 is 0 Å². The van der Waals surface area contributed by atoms with Crippen molar-refractivity contribution in [1.29, 1.82) is 0 Å². The Balaban J connectivity index is 1.94. The summed E-state index contributed by atoms with van der Waals surface area (Å²) in [5.74, 6) is 0. The summed E-state index contributed by atoms with van der Waals surface area (Å²) >= 11 is 0. The predicted octanol–water partition coefficient (Wildman–Crippen LogP) is 0.0852. The molecule has 52 valence electrons. The van der Waals surface area contributed by atoms with Gasteiger partial charge in [0.2, 0.25) is 0 Å². The second-order valence-corrected chi connectivity index (χ2v) is 2.70. The highest BCUT2D eigenvalue weighted by molar-refractivity contribution is 4.94. The van der Waals surface area contributed by atoms with Crippen LogP contribution in [0.1, 0.15) is 6.42 Å². The third kappa shape index (κ3) is 0.756. The Bertz CT molecular complexity index is 111. The fourth-order valence-corrected chi connectivity index (χ4v) is 1.45. The third-order valence-electron chi connectivity index (χ3n) is 2.09. The van der Waals surface area contributed by atoms with Crippen molar-refractivity contribution in [1.82, 2.24) is 5.32 Å². The number of hydrogen-bond donors (Lipinski definition) is 1. The van der Waals surface area contributed by atoms with Crippen LogP contribution in [0.4, 0.5) is 4.39 Å². The molecule has 0 aliphatic carbocycles. The molecule has 3 saturated heterocycles. The maximum atomic E-state index is 12.0. The maximum absolute atomic E-state index is 12.0. The van der Waals surface area contributed by atoms with Crippen LogP contribution in [0.3, 0.4) is 0 Å². The zero-order chi connectivity index (χ0) is 6.27. The summed E-state index contributed by atoms with van der Waals surface area (Å²) in [6.07, 6.45) is 1.62. The highest BCUT2D eigenvalue weighted by atomic mass is 19.1. The lowest BCUT2D eigenvalue weighted by Gasteiger charge is -2.46. The Hall–Kier alpha value is -0.150. The highest BCUT2D eigenvalue weighted by Gasteiger charge is 2.40. The first-order chi connectivity index (χ1) is 4.40. The molecule has 3 unspecified atom stereocenters. The minimum Gasteiger partial charge on any atom is -0.372 e. The number of piperidine rings is 1. The second-order valence-electron chi connectivity index (χ2n) is 2.70. The van der Waals surface area contributed by atoms with Crippen LogP contribution < -0.4 is 5.32 Å². The Kier molecular flexibility index (Phi) is 1.20. The van der Waals surface area contributed by atoms with Crippen LogP contribution in [0.25, 0.3) is 0 Å². The van der Waals surface area contributed by atoms with Crippen LogP contribution in [-0.4, -0.2) is 31.5 Å². The number of alkyl halides is 1. The molecule has 3 aliphatic rings. The van der Waals surface area contributed by atoms with Gasteiger partial charge in [-0.15, -0.1) is 0 Å². The molecular weight excluding hydrogens is 121 g/mol. The molecule has 2 bridgehead atoms. The summed E-state index contributed by atoms with van der Waals surface area (Å²) in [4.78, 5) is 0. The molecule has 9 heavy (non-hydrogen) atoms. The van der Waals surface area contributed by atoms with E-state index in [-0.39, 0.29) is 18.8 Å². The van der Waals surface area contributed by atoms with Gasteiger partial charge in [-0.1, -0.05) is 0 Å². The summed E-state index contributed by atoms with van der Waals surface area (Å²) < 4.78 is 17.3. The van der Waals surface area contributed by atoms with Gasteiger partial charge in [-0.2, -0.15) is 0 Å². The first-order valence-corrected chi connectivity index (χ1v) is 3.35. The van der Waals surface area contributed by atoms with E-state index in [2.05, 4.69) is 5.32 Å². The van der Waals surface area contributed by atoms with Crippen molar-refractivity contribution in [2.45, 2.75) is 24.7 Å². The topological polar surface area (TPSA) is 21.3 Å². The number of hydrogen-bond acceptors (Lipinski definition) is 2. The molecule has 2 nitrogen and oxygen atoms in total. The lowest BCUT2D eigenvalue weighted by atomic mass is 9.94. The zero-order valence-electron chi connectivity index (χ0n) is 5.14. The van der Waals surface area contributed by atoms with Gasteiger partial charge in [0.05, 0.1) is 18.2 Å². The van der Waals surface area contributed by atoms with Crippen molar-refractivity contribution in [3.05, 3.63) is 0 Å². The molecular formula is C6H10FNO. The molecule has 3 heteroatoms. The highest BCUT2D eigenvalue weighted by Crippen LogP contribution is 2.27. The van der Waals surface area contributed by atoms with Gasteiger partial charge in [-0.3, -0.25) is 0 Å². The monoisotopic (exact) mass is 131 g/mol. The standard InChI is InChI=1S/C6H10FNO/c7-2-5-6-1-4(9-6)3-8-5/h4-6,8H,1-3H2. The number of morpholine rings is 1. The number of halogens is 1. The van der Waals surface area contributed by atoms with E-state index in [0.717, 1.165) is 13.0 Å². The first kappa shape index (κ1) is 5.62. The molecule has 0 aromatic rings. The number of ether oxygens (including phenoxy) is 1. The molecule has 3 heterocycles. The molecule has 0 radical (unpaired) electrons. The van der Waals surface area contributed by atoms with Crippen molar-refractivity contribution < 1.29 is 9.13 Å². The van der Waals surface area contributed by atoms with Crippen LogP contribution in [0, 0.1) is 0 Å². The summed E-state index contributed by atoms with van der Waals surface area (Å²) in [6, 6.07) is -0.0185. The molecule has 0 aromatic carbocycles. The predicted molar refractivity (Wildman–Crippen MR) is 31.0 cm³/mol. The largest absolute Gasteiger partial charge is 0.372 e. The van der Waals surface area contributed by atoms with Crippen LogP contribution >= 0.6 is 0 Å². The Labute approximate surface area is 53.4 Å². The SMILES string of the molecule is FCC1NCC2CC1O2. The molecule has 0 saturated carbocycles. The van der Waals surface area contributed by atoms with Gasteiger partial charge in [-0.25, -0.2) is 4.39 Å². The molecule has 0 amide bonds. The van der Waals surface area contributed by atoms with Crippen molar-refractivity contribution in [2.75, 3.05) is 13.2 Å². The molecule has 0 spiro atoms. The lowest BCUT2D eigenvalue weighted by molar-refractivity contribution is -0.168. The normalized spacial score (nSPS) is 48.3. The quantitative estimate of drug-likeness (QED) is 0.544. The molecule has 3 rings (SSSR count). The average Bonchev–Trinajstić information content (AvgIpc) is 1.86.